The quantitative estimate of drug-likeness (QED) is 0.354. The Kier molecular flexibility index (Phi) is 7.22. The highest BCUT2D eigenvalue weighted by Crippen LogP contribution is 2.42. The number of hydrogen-bond acceptors (Lipinski definition) is 3. The molecule has 0 unspecified atom stereocenters. The lowest BCUT2D eigenvalue weighted by Gasteiger charge is -2.15. The maximum atomic E-state index is 13.2. The molecule has 2 amide bonds. The van der Waals surface area contributed by atoms with Gasteiger partial charge in [0.2, 0.25) is 0 Å². The van der Waals surface area contributed by atoms with Crippen molar-refractivity contribution >= 4 is 52.4 Å². The van der Waals surface area contributed by atoms with Crippen LogP contribution in [-0.2, 0) is 9.59 Å². The standard InChI is InChI=1S/C22H21Cl2NO2S/c1-2-3-4-8-13-25-21(26)19(17-12-11-15(23)14-18(17)24)20(22(25)27)28-16-9-6-5-7-10-16/h5-7,9-12,14H,2-4,8,13H2,1H3. The maximum absolute atomic E-state index is 13.2. The van der Waals surface area contributed by atoms with Crippen molar-refractivity contribution in [2.45, 2.75) is 37.5 Å². The number of imide groups is 1. The summed E-state index contributed by atoms with van der Waals surface area (Å²) in [5, 5.41) is 0.849. The first-order valence-electron chi connectivity index (χ1n) is 9.31. The fraction of sp³-hybridized carbons (Fsp3) is 0.273. The van der Waals surface area contributed by atoms with Gasteiger partial charge < -0.3 is 0 Å². The average Bonchev–Trinajstić information content (AvgIpc) is 2.90. The molecule has 0 aromatic heterocycles. The van der Waals surface area contributed by atoms with E-state index in [1.807, 2.05) is 30.3 Å². The van der Waals surface area contributed by atoms with Crippen LogP contribution in [0.5, 0.6) is 0 Å². The molecular formula is C22H21Cl2NO2S. The van der Waals surface area contributed by atoms with Gasteiger partial charge in [-0.25, -0.2) is 0 Å². The molecule has 0 saturated carbocycles. The van der Waals surface area contributed by atoms with Crippen molar-refractivity contribution in [2.24, 2.45) is 0 Å². The summed E-state index contributed by atoms with van der Waals surface area (Å²) in [6.45, 7) is 2.55. The molecule has 0 fully saturated rings. The summed E-state index contributed by atoms with van der Waals surface area (Å²) >= 11 is 13.7. The second-order valence-electron chi connectivity index (χ2n) is 6.57. The summed E-state index contributed by atoms with van der Waals surface area (Å²) in [6.07, 6.45) is 3.98. The minimum absolute atomic E-state index is 0.253. The number of benzene rings is 2. The maximum Gasteiger partial charge on any atom is 0.268 e. The largest absolute Gasteiger partial charge is 0.274 e. The van der Waals surface area contributed by atoms with E-state index in [-0.39, 0.29) is 11.8 Å². The first-order valence-corrected chi connectivity index (χ1v) is 10.9. The molecule has 1 heterocycles. The molecule has 146 valence electrons. The van der Waals surface area contributed by atoms with Gasteiger partial charge in [-0.05, 0) is 30.7 Å². The van der Waals surface area contributed by atoms with Crippen LogP contribution < -0.4 is 0 Å². The van der Waals surface area contributed by atoms with Gasteiger partial charge in [-0.3, -0.25) is 14.5 Å². The monoisotopic (exact) mass is 433 g/mol. The Morgan fingerprint density at radius 2 is 1.68 bits per heavy atom. The number of halogens is 2. The highest BCUT2D eigenvalue weighted by molar-refractivity contribution is 8.04. The Bertz CT molecular complexity index is 912. The summed E-state index contributed by atoms with van der Waals surface area (Å²) in [5.74, 6) is -0.541. The molecule has 6 heteroatoms. The Morgan fingerprint density at radius 1 is 0.929 bits per heavy atom. The SMILES string of the molecule is CCCCCCN1C(=O)C(Sc2ccccc2)=C(c2ccc(Cl)cc2Cl)C1=O. The highest BCUT2D eigenvalue weighted by atomic mass is 35.5. The molecule has 0 N–H and O–H groups in total. The van der Waals surface area contributed by atoms with Gasteiger partial charge in [0, 0.05) is 22.0 Å². The van der Waals surface area contributed by atoms with Crippen LogP contribution in [0, 0.1) is 0 Å². The van der Waals surface area contributed by atoms with Crippen molar-refractivity contribution in [3.8, 4) is 0 Å². The predicted molar refractivity (Wildman–Crippen MR) is 117 cm³/mol. The normalized spacial score (nSPS) is 14.3. The number of thioether (sulfide) groups is 1. The van der Waals surface area contributed by atoms with E-state index in [2.05, 4.69) is 6.92 Å². The lowest BCUT2D eigenvalue weighted by atomic mass is 10.1. The van der Waals surface area contributed by atoms with Crippen LogP contribution in [0.3, 0.4) is 0 Å². The summed E-state index contributed by atoms with van der Waals surface area (Å²) in [6, 6.07) is 14.5. The summed E-state index contributed by atoms with van der Waals surface area (Å²) < 4.78 is 0. The zero-order chi connectivity index (χ0) is 20.1. The van der Waals surface area contributed by atoms with E-state index in [1.54, 1.807) is 18.2 Å². The van der Waals surface area contributed by atoms with E-state index in [4.69, 9.17) is 23.2 Å². The third-order valence-electron chi connectivity index (χ3n) is 4.52. The molecule has 1 aliphatic rings. The van der Waals surface area contributed by atoms with Crippen LogP contribution in [0.25, 0.3) is 5.57 Å². The molecule has 0 radical (unpaired) electrons. The average molecular weight is 434 g/mol. The van der Waals surface area contributed by atoms with Crippen molar-refractivity contribution in [1.29, 1.82) is 0 Å². The molecule has 2 aromatic rings. The minimum Gasteiger partial charge on any atom is -0.274 e. The summed E-state index contributed by atoms with van der Waals surface area (Å²) in [5.41, 5.74) is 0.898. The van der Waals surface area contributed by atoms with E-state index >= 15 is 0 Å². The lowest BCUT2D eigenvalue weighted by Crippen LogP contribution is -2.32. The summed E-state index contributed by atoms with van der Waals surface area (Å²) in [7, 11) is 0. The Morgan fingerprint density at radius 3 is 2.36 bits per heavy atom. The molecule has 0 aliphatic carbocycles. The van der Waals surface area contributed by atoms with E-state index in [0.717, 1.165) is 30.6 Å². The van der Waals surface area contributed by atoms with Gasteiger partial charge in [0.25, 0.3) is 11.8 Å². The van der Waals surface area contributed by atoms with E-state index in [0.29, 0.717) is 32.6 Å². The molecular weight excluding hydrogens is 413 g/mol. The minimum atomic E-state index is -0.288. The van der Waals surface area contributed by atoms with Gasteiger partial charge in [-0.1, -0.05) is 85.4 Å². The van der Waals surface area contributed by atoms with Gasteiger partial charge >= 0.3 is 0 Å². The second kappa shape index (κ2) is 9.64. The van der Waals surface area contributed by atoms with Crippen molar-refractivity contribution in [1.82, 2.24) is 4.90 Å². The van der Waals surface area contributed by atoms with E-state index in [9.17, 15) is 9.59 Å². The van der Waals surface area contributed by atoms with Gasteiger partial charge in [0.15, 0.2) is 0 Å². The first-order chi connectivity index (χ1) is 13.5. The number of unbranched alkanes of at least 4 members (excludes halogenated alkanes) is 3. The molecule has 2 aromatic carbocycles. The Hall–Kier alpha value is -1.75. The molecule has 0 saturated heterocycles. The molecule has 0 spiro atoms. The molecule has 1 aliphatic heterocycles. The van der Waals surface area contributed by atoms with Crippen molar-refractivity contribution in [3.63, 3.8) is 0 Å². The van der Waals surface area contributed by atoms with Crippen LogP contribution in [0.4, 0.5) is 0 Å². The zero-order valence-electron chi connectivity index (χ0n) is 15.6. The van der Waals surface area contributed by atoms with Gasteiger partial charge in [0.05, 0.1) is 15.5 Å². The lowest BCUT2D eigenvalue weighted by molar-refractivity contribution is -0.136. The number of amides is 2. The van der Waals surface area contributed by atoms with E-state index in [1.165, 1.54) is 16.7 Å². The first kappa shape index (κ1) is 21.0. The molecule has 3 nitrogen and oxygen atoms in total. The number of carbonyl (C=O) groups is 2. The van der Waals surface area contributed by atoms with Crippen LogP contribution in [0.15, 0.2) is 58.3 Å². The number of hydrogen-bond donors (Lipinski definition) is 0. The fourth-order valence-electron chi connectivity index (χ4n) is 3.08. The van der Waals surface area contributed by atoms with Gasteiger partial charge in [-0.15, -0.1) is 0 Å². The fourth-order valence-corrected chi connectivity index (χ4v) is 4.61. The zero-order valence-corrected chi connectivity index (χ0v) is 17.9. The topological polar surface area (TPSA) is 37.4 Å². The van der Waals surface area contributed by atoms with Crippen LogP contribution >= 0.6 is 35.0 Å². The molecule has 0 atom stereocenters. The number of carbonyl (C=O) groups excluding carboxylic acids is 2. The Balaban J connectivity index is 1.97. The number of rotatable bonds is 8. The molecule has 28 heavy (non-hydrogen) atoms. The van der Waals surface area contributed by atoms with Crippen molar-refractivity contribution in [2.75, 3.05) is 6.54 Å². The predicted octanol–water partition coefficient (Wildman–Crippen LogP) is 6.45. The van der Waals surface area contributed by atoms with Crippen molar-refractivity contribution in [3.05, 3.63) is 69.0 Å². The third kappa shape index (κ3) is 4.62. The third-order valence-corrected chi connectivity index (χ3v) is 6.16. The van der Waals surface area contributed by atoms with Crippen LogP contribution in [0.2, 0.25) is 10.0 Å². The van der Waals surface area contributed by atoms with Gasteiger partial charge in [-0.2, -0.15) is 0 Å². The molecule has 3 rings (SSSR count). The van der Waals surface area contributed by atoms with Crippen LogP contribution in [-0.4, -0.2) is 23.3 Å². The van der Waals surface area contributed by atoms with Gasteiger partial charge in [0.1, 0.15) is 0 Å². The Labute approximate surface area is 179 Å². The molecule has 0 bridgehead atoms. The second-order valence-corrected chi connectivity index (χ2v) is 8.49. The van der Waals surface area contributed by atoms with Crippen LogP contribution in [0.1, 0.15) is 38.2 Å². The smallest absolute Gasteiger partial charge is 0.268 e. The highest BCUT2D eigenvalue weighted by Gasteiger charge is 2.39. The van der Waals surface area contributed by atoms with Crippen molar-refractivity contribution < 1.29 is 9.59 Å². The number of nitrogens with zero attached hydrogens (tertiary/aromatic N) is 1. The van der Waals surface area contributed by atoms with E-state index < -0.39 is 0 Å². The summed E-state index contributed by atoms with van der Waals surface area (Å²) in [4.78, 5) is 28.9.